The number of aliphatic carboxylic acids is 2. The summed E-state index contributed by atoms with van der Waals surface area (Å²) in [6.07, 6.45) is 60.1. The number of nitrogens with zero attached hydrogens (tertiary/aromatic N) is 1. The molecule has 0 atom stereocenters. The number of carboxylic acid groups (broad SMARTS) is 2. The van der Waals surface area contributed by atoms with E-state index in [4.69, 9.17) is 17.7 Å². The van der Waals surface area contributed by atoms with Crippen molar-refractivity contribution in [2.45, 2.75) is 344 Å². The molecule has 0 bridgehead atoms. The number of hydrogen-bond donors (Lipinski definition) is 0. The van der Waals surface area contributed by atoms with Crippen LogP contribution in [-0.4, -0.2) is 79.6 Å². The smallest absolute Gasteiger partial charge is 1.00 e. The Labute approximate surface area is 487 Å². The first kappa shape index (κ1) is 86.0. The molecule has 0 aliphatic rings. The van der Waals surface area contributed by atoms with Crippen molar-refractivity contribution >= 4 is 21.0 Å². The van der Waals surface area contributed by atoms with Crippen molar-refractivity contribution in [1.29, 1.82) is 0 Å². The summed E-state index contributed by atoms with van der Waals surface area (Å²) in [5.41, 5.74) is 0. The molecule has 0 saturated carbocycles. The number of rotatable bonds is 55. The first-order chi connectivity index (χ1) is 35.3. The summed E-state index contributed by atoms with van der Waals surface area (Å²) >= 11 is 0. The average Bonchev–Trinajstić information content (AvgIpc) is 3.34. The summed E-state index contributed by atoms with van der Waals surface area (Å²) in [5.74, 6) is -1.81. The van der Waals surface area contributed by atoms with Gasteiger partial charge >= 0.3 is 25.8 Å². The second-order valence-corrected chi connectivity index (χ2v) is 24.1. The van der Waals surface area contributed by atoms with Gasteiger partial charge in [-0.25, -0.2) is 0 Å². The predicted octanol–water partition coefficient (Wildman–Crippen LogP) is 14.7. The van der Waals surface area contributed by atoms with Gasteiger partial charge in [0.15, 0.2) is 0 Å². The molecule has 0 aliphatic heterocycles. The van der Waals surface area contributed by atoms with Crippen molar-refractivity contribution in [1.82, 2.24) is 0 Å². The van der Waals surface area contributed by atoms with E-state index in [0.29, 0.717) is 26.4 Å². The quantitative estimate of drug-likeness (QED) is 0.0336. The molecule has 0 spiro atoms. The van der Waals surface area contributed by atoms with Crippen molar-refractivity contribution < 1.29 is 71.2 Å². The van der Waals surface area contributed by atoms with Crippen molar-refractivity contribution in [3.8, 4) is 0 Å². The maximum atomic E-state index is 10.2. The van der Waals surface area contributed by atoms with E-state index in [1.807, 2.05) is 27.7 Å². The summed E-state index contributed by atoms with van der Waals surface area (Å²) in [4.78, 5) is 20.4. The maximum absolute atomic E-state index is 10.2. The minimum Gasteiger partial charge on any atom is -1.00 e. The SMILES string of the molecule is CCCCCCCCCCCCCCCCCC(=O)[O-].CCCCCCCCCCCCCCCCCC(=O)[O-].CCCCCCCCCCCCCCCC[N+](C)(C)C.CCO[Si](OCC)(OCC)OCC.[Cl-].[Co+2]. The predicted molar refractivity (Wildman–Crippen MR) is 315 cm³/mol. The van der Waals surface area contributed by atoms with Crippen LogP contribution in [0, 0.1) is 0 Å². The van der Waals surface area contributed by atoms with E-state index in [0.717, 1.165) is 30.2 Å². The molecular weight excluding hydrogens is 1020 g/mol. The minimum atomic E-state index is -2.80. The second-order valence-electron chi connectivity index (χ2n) is 22.0. The normalized spacial score (nSPS) is 11.1. The van der Waals surface area contributed by atoms with Crippen molar-refractivity contribution in [2.75, 3.05) is 54.1 Å². The van der Waals surface area contributed by atoms with Crippen LogP contribution in [0.1, 0.15) is 344 Å². The molecule has 0 amide bonds. The number of hydrogen-bond acceptors (Lipinski definition) is 8. The second kappa shape index (κ2) is 73.8. The zero-order chi connectivity index (χ0) is 55.0. The van der Waals surface area contributed by atoms with Crippen molar-refractivity contribution in [3.63, 3.8) is 0 Å². The Morgan fingerprint density at radius 2 is 0.467 bits per heavy atom. The topological polar surface area (TPSA) is 117 Å². The van der Waals surface area contributed by atoms with Crippen molar-refractivity contribution in [3.05, 3.63) is 0 Å². The van der Waals surface area contributed by atoms with E-state index >= 15 is 0 Å². The number of carbonyl (C=O) groups is 2. The number of quaternary nitrogens is 1. The van der Waals surface area contributed by atoms with Gasteiger partial charge in [-0.2, -0.15) is 0 Å². The molecule has 0 aromatic rings. The molecule has 0 heterocycles. The van der Waals surface area contributed by atoms with Crippen LogP contribution in [-0.2, 0) is 44.1 Å². The van der Waals surface area contributed by atoms with E-state index in [1.165, 1.54) is 263 Å². The molecule has 0 rings (SSSR count). The van der Waals surface area contributed by atoms with Crippen LogP contribution < -0.4 is 22.6 Å². The largest absolute Gasteiger partial charge is 2.00 e. The molecule has 457 valence electrons. The van der Waals surface area contributed by atoms with Gasteiger partial charge in [-0.1, -0.05) is 278 Å². The zero-order valence-corrected chi connectivity index (χ0v) is 54.8. The molecule has 0 aromatic carbocycles. The van der Waals surface area contributed by atoms with Gasteiger partial charge in [-0.05, 0) is 66.2 Å². The average molecular weight is 1150 g/mol. The van der Waals surface area contributed by atoms with E-state index in [9.17, 15) is 19.8 Å². The number of carboxylic acids is 2. The van der Waals surface area contributed by atoms with Crippen LogP contribution >= 0.6 is 0 Å². The summed E-state index contributed by atoms with van der Waals surface area (Å²) in [7, 11) is 4.09. The summed E-state index contributed by atoms with van der Waals surface area (Å²) < 4.78 is 22.8. The van der Waals surface area contributed by atoms with Gasteiger partial charge in [-0.15, -0.1) is 0 Å². The number of unbranched alkanes of at least 4 members (excludes halogenated alkanes) is 41. The molecule has 0 aromatic heterocycles. The van der Waals surface area contributed by atoms with E-state index in [2.05, 4.69) is 41.9 Å². The molecule has 0 saturated heterocycles. The monoisotopic (exact) mass is 1150 g/mol. The molecule has 1 radical (unpaired) electrons. The number of halogens is 1. The summed E-state index contributed by atoms with van der Waals surface area (Å²) in [6, 6.07) is 0. The molecule has 75 heavy (non-hydrogen) atoms. The standard InChI is InChI=1S/C19H42N.2C18H36O2.C8H20O4Si.ClH.Co/c1-5-6-7-8-9-10-11-12-13-14-15-16-17-18-19-20(2,3)4;2*1-2-3-4-5-6-7-8-9-10-11-12-13-14-15-16-17-18(19)20;1-5-9-13(10-6-2,11-7-3)12-8-4;;/h5-19H2,1-4H3;2*2-17H2,1H3,(H,19,20);5-8H2,1-4H3;1H;/q+1;;;;;+2/p-3. The molecule has 0 unspecified atom stereocenters. The third-order valence-electron chi connectivity index (χ3n) is 13.4. The molecule has 9 nitrogen and oxygen atoms in total. The molecule has 0 N–H and O–H groups in total. The first-order valence-corrected chi connectivity index (χ1v) is 33.7. The van der Waals surface area contributed by atoms with Crippen LogP contribution in [0.3, 0.4) is 0 Å². The Kier molecular flexibility index (Phi) is 84.6. The fourth-order valence-corrected chi connectivity index (χ4v) is 10.9. The minimum absolute atomic E-state index is 0. The molecule has 0 fully saturated rings. The van der Waals surface area contributed by atoms with Crippen LogP contribution in [0.5, 0.6) is 0 Å². The Balaban J connectivity index is -0.000000212. The zero-order valence-electron chi connectivity index (χ0n) is 52.0. The molecular formula is C63H132ClCoNO8Si. The van der Waals surface area contributed by atoms with Crippen LogP contribution in [0.4, 0.5) is 0 Å². The van der Waals surface area contributed by atoms with Gasteiger partial charge in [0.05, 0.1) is 27.7 Å². The maximum Gasteiger partial charge on any atom is 2.00 e. The number of carbonyl (C=O) groups excluding carboxylic acids is 2. The van der Waals surface area contributed by atoms with Crippen LogP contribution in [0.15, 0.2) is 0 Å². The van der Waals surface area contributed by atoms with Gasteiger partial charge in [0.2, 0.25) is 0 Å². The van der Waals surface area contributed by atoms with E-state index in [-0.39, 0.29) is 42.0 Å². The Hall–Kier alpha value is -0.247. The van der Waals surface area contributed by atoms with Gasteiger partial charge in [0, 0.05) is 38.4 Å². The van der Waals surface area contributed by atoms with Crippen LogP contribution in [0.25, 0.3) is 0 Å². The fraction of sp³-hybridized carbons (Fsp3) is 0.968. The Bertz CT molecular complexity index is 970. The molecule has 12 heteroatoms. The van der Waals surface area contributed by atoms with E-state index in [1.54, 1.807) is 0 Å². The van der Waals surface area contributed by atoms with Gasteiger partial charge < -0.3 is 54.4 Å². The van der Waals surface area contributed by atoms with Gasteiger partial charge in [0.25, 0.3) is 0 Å². The Morgan fingerprint density at radius 1 is 0.307 bits per heavy atom. The van der Waals surface area contributed by atoms with Crippen LogP contribution in [0.2, 0.25) is 0 Å². The van der Waals surface area contributed by atoms with Gasteiger partial charge in [0.1, 0.15) is 0 Å². The third-order valence-corrected chi connectivity index (χ3v) is 16.0. The van der Waals surface area contributed by atoms with E-state index < -0.39 is 21.0 Å². The fourth-order valence-electron chi connectivity index (χ4n) is 9.02. The first-order valence-electron chi connectivity index (χ1n) is 32.1. The summed E-state index contributed by atoms with van der Waals surface area (Å²) in [6.45, 7) is 18.0. The van der Waals surface area contributed by atoms with Crippen molar-refractivity contribution in [2.24, 2.45) is 0 Å². The molecule has 0 aliphatic carbocycles. The Morgan fingerprint density at radius 3 is 0.613 bits per heavy atom. The third kappa shape index (κ3) is 85.2. The van der Waals surface area contributed by atoms with Gasteiger partial charge in [-0.3, -0.25) is 0 Å². The summed E-state index contributed by atoms with van der Waals surface area (Å²) in [5, 5.41) is 20.4.